The number of methoxy groups -OCH3 is 1. The first kappa shape index (κ1) is 20.7. The van der Waals surface area contributed by atoms with Crippen molar-refractivity contribution in [2.24, 2.45) is 11.8 Å². The van der Waals surface area contributed by atoms with Gasteiger partial charge in [-0.05, 0) is 62.3 Å². The molecule has 0 saturated heterocycles. The number of nitrogens with zero attached hydrogens (tertiary/aromatic N) is 1. The Morgan fingerprint density at radius 2 is 1.90 bits per heavy atom. The standard InChI is InChI=1S/C23H28N2O4S/c1-16-6-10-21(11-7-16)30(27,28)25(19-4-3-5-20(14-19)29-2)15-23(26)24-22-13-17-8-9-18(22)12-17/h3-7,10-11,14,17-18,22H,8-9,12-13,15H2,1-2H3,(H,24,26). The fraction of sp³-hybridized carbons (Fsp3) is 0.435. The SMILES string of the molecule is COc1cccc(N(CC(=O)NC2CC3CCC2C3)S(=O)(=O)c2ccc(C)cc2)c1. The maximum atomic E-state index is 13.4. The molecule has 160 valence electrons. The third kappa shape index (κ3) is 4.17. The molecule has 0 radical (unpaired) electrons. The summed E-state index contributed by atoms with van der Waals surface area (Å²) in [6, 6.07) is 13.6. The van der Waals surface area contributed by atoms with E-state index in [1.165, 1.54) is 24.3 Å². The first-order valence-corrected chi connectivity index (χ1v) is 11.8. The molecule has 2 saturated carbocycles. The van der Waals surface area contributed by atoms with Gasteiger partial charge in [0.15, 0.2) is 0 Å². The highest BCUT2D eigenvalue weighted by Gasteiger charge is 2.40. The summed E-state index contributed by atoms with van der Waals surface area (Å²) in [4.78, 5) is 13.1. The Hall–Kier alpha value is -2.54. The van der Waals surface area contributed by atoms with Crippen LogP contribution < -0.4 is 14.4 Å². The van der Waals surface area contributed by atoms with E-state index in [4.69, 9.17) is 4.74 Å². The molecule has 2 bridgehead atoms. The smallest absolute Gasteiger partial charge is 0.264 e. The van der Waals surface area contributed by atoms with Crippen molar-refractivity contribution in [2.75, 3.05) is 18.0 Å². The molecule has 2 aromatic rings. The number of benzene rings is 2. The summed E-state index contributed by atoms with van der Waals surface area (Å²) in [5, 5.41) is 3.10. The number of nitrogens with one attached hydrogen (secondary N) is 1. The highest BCUT2D eigenvalue weighted by atomic mass is 32.2. The van der Waals surface area contributed by atoms with Gasteiger partial charge in [-0.25, -0.2) is 8.42 Å². The van der Waals surface area contributed by atoms with Crippen LogP contribution in [0.25, 0.3) is 0 Å². The molecule has 1 N–H and O–H groups in total. The largest absolute Gasteiger partial charge is 0.497 e. The Morgan fingerprint density at radius 3 is 2.53 bits per heavy atom. The minimum absolute atomic E-state index is 0.156. The van der Waals surface area contributed by atoms with Gasteiger partial charge in [0.25, 0.3) is 10.0 Å². The fourth-order valence-corrected chi connectivity index (χ4v) is 6.14. The van der Waals surface area contributed by atoms with Gasteiger partial charge in [-0.15, -0.1) is 0 Å². The Morgan fingerprint density at radius 1 is 1.13 bits per heavy atom. The highest BCUT2D eigenvalue weighted by molar-refractivity contribution is 7.92. The Bertz CT molecular complexity index is 1020. The predicted molar refractivity (Wildman–Crippen MR) is 116 cm³/mol. The summed E-state index contributed by atoms with van der Waals surface area (Å²) >= 11 is 0. The van der Waals surface area contributed by atoms with Crippen LogP contribution in [0.15, 0.2) is 53.4 Å². The maximum Gasteiger partial charge on any atom is 0.264 e. The van der Waals surface area contributed by atoms with Crippen LogP contribution in [0.3, 0.4) is 0 Å². The quantitative estimate of drug-likeness (QED) is 0.732. The van der Waals surface area contributed by atoms with E-state index < -0.39 is 10.0 Å². The zero-order valence-electron chi connectivity index (χ0n) is 17.4. The van der Waals surface area contributed by atoms with Crippen LogP contribution in [-0.2, 0) is 14.8 Å². The molecular weight excluding hydrogens is 400 g/mol. The van der Waals surface area contributed by atoms with Crippen molar-refractivity contribution in [3.63, 3.8) is 0 Å². The molecule has 2 aliphatic carbocycles. The zero-order chi connectivity index (χ0) is 21.3. The fourth-order valence-electron chi connectivity index (χ4n) is 4.72. The lowest BCUT2D eigenvalue weighted by Crippen LogP contribution is -2.46. The van der Waals surface area contributed by atoms with Gasteiger partial charge in [-0.2, -0.15) is 0 Å². The second-order valence-corrected chi connectivity index (χ2v) is 10.2. The molecule has 30 heavy (non-hydrogen) atoms. The summed E-state index contributed by atoms with van der Waals surface area (Å²) < 4.78 is 33.3. The predicted octanol–water partition coefficient (Wildman–Crippen LogP) is 3.50. The van der Waals surface area contributed by atoms with Gasteiger partial charge in [0.1, 0.15) is 12.3 Å². The highest BCUT2D eigenvalue weighted by Crippen LogP contribution is 2.44. The van der Waals surface area contributed by atoms with Crippen LogP contribution in [0, 0.1) is 18.8 Å². The third-order valence-corrected chi connectivity index (χ3v) is 8.11. The van der Waals surface area contributed by atoms with Gasteiger partial charge >= 0.3 is 0 Å². The van der Waals surface area contributed by atoms with E-state index in [0.717, 1.165) is 18.4 Å². The van der Waals surface area contributed by atoms with Gasteiger partial charge in [-0.3, -0.25) is 9.10 Å². The van der Waals surface area contributed by atoms with Crippen molar-refractivity contribution in [1.29, 1.82) is 0 Å². The number of fused-ring (bicyclic) bond motifs is 2. The van der Waals surface area contributed by atoms with Gasteiger partial charge in [0.05, 0.1) is 17.7 Å². The Balaban J connectivity index is 1.61. The minimum atomic E-state index is -3.92. The summed E-state index contributed by atoms with van der Waals surface area (Å²) in [5.41, 5.74) is 1.37. The molecular formula is C23H28N2O4S. The molecule has 6 nitrogen and oxygen atoms in total. The molecule has 4 rings (SSSR count). The average Bonchev–Trinajstić information content (AvgIpc) is 3.35. The molecule has 0 heterocycles. The minimum Gasteiger partial charge on any atom is -0.497 e. The molecule has 3 unspecified atom stereocenters. The number of carbonyl (C=O) groups is 1. The van der Waals surface area contributed by atoms with E-state index in [9.17, 15) is 13.2 Å². The number of ether oxygens (including phenoxy) is 1. The summed E-state index contributed by atoms with van der Waals surface area (Å²) in [5.74, 6) is 1.49. The van der Waals surface area contributed by atoms with E-state index in [0.29, 0.717) is 23.3 Å². The van der Waals surface area contributed by atoms with Crippen molar-refractivity contribution in [3.8, 4) is 5.75 Å². The second-order valence-electron chi connectivity index (χ2n) is 8.38. The van der Waals surface area contributed by atoms with E-state index in [2.05, 4.69) is 5.32 Å². The van der Waals surface area contributed by atoms with Crippen LogP contribution in [0.5, 0.6) is 5.75 Å². The molecule has 2 aliphatic rings. The van der Waals surface area contributed by atoms with Crippen LogP contribution in [0.1, 0.15) is 31.2 Å². The molecule has 0 aliphatic heterocycles. The Kier molecular flexibility index (Phi) is 5.73. The first-order chi connectivity index (χ1) is 14.4. The molecule has 1 amide bonds. The topological polar surface area (TPSA) is 75.7 Å². The molecule has 3 atom stereocenters. The van der Waals surface area contributed by atoms with E-state index >= 15 is 0 Å². The average molecular weight is 429 g/mol. The molecule has 0 aromatic heterocycles. The van der Waals surface area contributed by atoms with E-state index in [1.54, 1.807) is 48.5 Å². The van der Waals surface area contributed by atoms with Gasteiger partial charge in [-0.1, -0.05) is 30.2 Å². The van der Waals surface area contributed by atoms with Crippen LogP contribution in [0.4, 0.5) is 5.69 Å². The van der Waals surface area contributed by atoms with Crippen molar-refractivity contribution in [2.45, 2.75) is 43.5 Å². The third-order valence-electron chi connectivity index (χ3n) is 6.32. The van der Waals surface area contributed by atoms with Crippen molar-refractivity contribution < 1.29 is 17.9 Å². The molecule has 0 spiro atoms. The van der Waals surface area contributed by atoms with Crippen molar-refractivity contribution >= 4 is 21.6 Å². The molecule has 2 fully saturated rings. The number of sulfonamides is 1. The normalized spacial score (nSPS) is 22.7. The molecule has 2 aromatic carbocycles. The van der Waals surface area contributed by atoms with Crippen LogP contribution in [0.2, 0.25) is 0 Å². The van der Waals surface area contributed by atoms with Crippen molar-refractivity contribution in [3.05, 3.63) is 54.1 Å². The lowest BCUT2D eigenvalue weighted by Gasteiger charge is -2.27. The molecule has 7 heteroatoms. The number of hydrogen-bond acceptors (Lipinski definition) is 4. The van der Waals surface area contributed by atoms with E-state index in [1.807, 2.05) is 6.92 Å². The second kappa shape index (κ2) is 8.30. The number of carbonyl (C=O) groups excluding carboxylic acids is 1. The van der Waals surface area contributed by atoms with Crippen molar-refractivity contribution in [1.82, 2.24) is 5.32 Å². The lowest BCUT2D eigenvalue weighted by molar-refractivity contribution is -0.120. The lowest BCUT2D eigenvalue weighted by atomic mass is 9.95. The van der Waals surface area contributed by atoms with Gasteiger partial charge in [0, 0.05) is 12.1 Å². The Labute approximate surface area is 178 Å². The summed E-state index contributed by atoms with van der Waals surface area (Å²) in [6.45, 7) is 1.64. The van der Waals surface area contributed by atoms with Gasteiger partial charge < -0.3 is 10.1 Å². The number of amides is 1. The summed E-state index contributed by atoms with van der Waals surface area (Å²) in [7, 11) is -2.39. The summed E-state index contributed by atoms with van der Waals surface area (Å²) in [6.07, 6.45) is 4.57. The zero-order valence-corrected chi connectivity index (χ0v) is 18.2. The van der Waals surface area contributed by atoms with Gasteiger partial charge in [0.2, 0.25) is 5.91 Å². The number of rotatable bonds is 7. The monoisotopic (exact) mass is 428 g/mol. The maximum absolute atomic E-state index is 13.4. The first-order valence-electron chi connectivity index (χ1n) is 10.4. The number of anilines is 1. The van der Waals surface area contributed by atoms with E-state index in [-0.39, 0.29) is 23.4 Å². The number of aryl methyl sites for hydroxylation is 1. The van der Waals surface area contributed by atoms with Crippen LogP contribution >= 0.6 is 0 Å². The number of hydrogen-bond donors (Lipinski definition) is 1. The van der Waals surface area contributed by atoms with Crippen LogP contribution in [-0.4, -0.2) is 34.0 Å².